The van der Waals surface area contributed by atoms with E-state index in [1.54, 1.807) is 24.1 Å². The molecule has 0 unspecified atom stereocenters. The molecule has 1 aromatic rings. The SMILES string of the molecule is CNCC(=O)N[C@@H](C(=O)N1CC[C@](O)(c2ccc(Cl)cc2)C(C)(C)C1)C(C)C. The molecule has 1 saturated heterocycles. The Balaban J connectivity index is 2.18. The average Bonchev–Trinajstić information content (AvgIpc) is 2.62. The molecule has 0 aromatic heterocycles. The van der Waals surface area contributed by atoms with Gasteiger partial charge in [0, 0.05) is 23.5 Å². The monoisotopic (exact) mass is 409 g/mol. The number of hydrogen-bond donors (Lipinski definition) is 3. The Morgan fingerprint density at radius 2 is 1.86 bits per heavy atom. The molecule has 0 saturated carbocycles. The van der Waals surface area contributed by atoms with Crippen LogP contribution in [0.15, 0.2) is 24.3 Å². The first-order valence-corrected chi connectivity index (χ1v) is 10.1. The van der Waals surface area contributed by atoms with E-state index in [0.717, 1.165) is 5.56 Å². The molecule has 0 bridgehead atoms. The number of carbonyl (C=O) groups is 2. The van der Waals surface area contributed by atoms with Crippen LogP contribution in [0.4, 0.5) is 0 Å². The Hall–Kier alpha value is -1.63. The van der Waals surface area contributed by atoms with Gasteiger partial charge in [0.25, 0.3) is 0 Å². The van der Waals surface area contributed by atoms with Gasteiger partial charge in [-0.15, -0.1) is 0 Å². The minimum Gasteiger partial charge on any atom is -0.384 e. The zero-order chi connectivity index (χ0) is 21.1. The van der Waals surface area contributed by atoms with Crippen LogP contribution in [0.2, 0.25) is 5.02 Å². The smallest absolute Gasteiger partial charge is 0.245 e. The molecule has 1 fully saturated rings. The Bertz CT molecular complexity index is 705. The molecule has 2 amide bonds. The molecule has 2 atom stereocenters. The van der Waals surface area contributed by atoms with Crippen molar-refractivity contribution in [3.63, 3.8) is 0 Å². The van der Waals surface area contributed by atoms with E-state index < -0.39 is 17.1 Å². The maximum Gasteiger partial charge on any atom is 0.245 e. The molecule has 0 aliphatic carbocycles. The van der Waals surface area contributed by atoms with Crippen molar-refractivity contribution in [3.05, 3.63) is 34.9 Å². The van der Waals surface area contributed by atoms with E-state index in [0.29, 0.717) is 24.5 Å². The lowest BCUT2D eigenvalue weighted by Crippen LogP contribution is -2.60. The molecule has 0 spiro atoms. The summed E-state index contributed by atoms with van der Waals surface area (Å²) in [6.45, 7) is 8.75. The maximum atomic E-state index is 13.2. The third kappa shape index (κ3) is 4.67. The molecule has 1 aliphatic rings. The van der Waals surface area contributed by atoms with Crippen molar-refractivity contribution in [2.75, 3.05) is 26.7 Å². The van der Waals surface area contributed by atoms with E-state index in [-0.39, 0.29) is 24.3 Å². The van der Waals surface area contributed by atoms with Crippen molar-refractivity contribution in [2.24, 2.45) is 11.3 Å². The summed E-state index contributed by atoms with van der Waals surface area (Å²) in [6, 6.07) is 6.65. The van der Waals surface area contributed by atoms with Gasteiger partial charge in [-0.1, -0.05) is 51.4 Å². The van der Waals surface area contributed by atoms with Crippen LogP contribution >= 0.6 is 11.6 Å². The van der Waals surface area contributed by atoms with Crippen LogP contribution in [0.25, 0.3) is 0 Å². The van der Waals surface area contributed by atoms with Crippen molar-refractivity contribution in [3.8, 4) is 0 Å². The lowest BCUT2D eigenvalue weighted by molar-refractivity contribution is -0.156. The van der Waals surface area contributed by atoms with Crippen LogP contribution in [0.1, 0.15) is 39.7 Å². The van der Waals surface area contributed by atoms with Crippen LogP contribution in [-0.2, 0) is 15.2 Å². The van der Waals surface area contributed by atoms with Crippen LogP contribution < -0.4 is 10.6 Å². The number of nitrogens with zero attached hydrogens (tertiary/aromatic N) is 1. The zero-order valence-corrected chi connectivity index (χ0v) is 18.1. The summed E-state index contributed by atoms with van der Waals surface area (Å²) in [7, 11) is 1.69. The maximum absolute atomic E-state index is 13.2. The molecular formula is C21H32ClN3O3. The van der Waals surface area contributed by atoms with Gasteiger partial charge in [0.2, 0.25) is 11.8 Å². The second-order valence-electron chi connectivity index (χ2n) is 8.58. The molecule has 0 radical (unpaired) electrons. The van der Waals surface area contributed by atoms with E-state index in [1.165, 1.54) is 0 Å². The highest BCUT2D eigenvalue weighted by Crippen LogP contribution is 2.46. The lowest BCUT2D eigenvalue weighted by atomic mass is 9.66. The summed E-state index contributed by atoms with van der Waals surface area (Å²) >= 11 is 5.99. The van der Waals surface area contributed by atoms with Crippen molar-refractivity contribution >= 4 is 23.4 Å². The standard InChI is InChI=1S/C21H32ClN3O3/c1-14(2)18(24-17(26)12-23-5)19(27)25-11-10-21(28,20(3,4)13-25)15-6-8-16(22)9-7-15/h6-9,14,18,23,28H,10-13H2,1-5H3,(H,24,26)/t18-,21+/m1/s1. The average molecular weight is 410 g/mol. The Labute approximate surface area is 172 Å². The molecule has 28 heavy (non-hydrogen) atoms. The van der Waals surface area contributed by atoms with E-state index in [1.807, 2.05) is 39.8 Å². The van der Waals surface area contributed by atoms with Gasteiger partial charge in [-0.3, -0.25) is 9.59 Å². The van der Waals surface area contributed by atoms with Crippen LogP contribution in [0.3, 0.4) is 0 Å². The Kier molecular flexibility index (Phi) is 7.12. The number of carbonyl (C=O) groups excluding carboxylic acids is 2. The number of piperidine rings is 1. The van der Waals surface area contributed by atoms with Crippen molar-refractivity contribution in [1.29, 1.82) is 0 Å². The van der Waals surface area contributed by atoms with Gasteiger partial charge in [-0.2, -0.15) is 0 Å². The van der Waals surface area contributed by atoms with Gasteiger partial charge in [-0.05, 0) is 37.1 Å². The number of halogens is 1. The third-order valence-corrected chi connectivity index (χ3v) is 5.92. The number of nitrogens with one attached hydrogen (secondary N) is 2. The lowest BCUT2D eigenvalue weighted by Gasteiger charge is -2.51. The van der Waals surface area contributed by atoms with E-state index in [9.17, 15) is 14.7 Å². The van der Waals surface area contributed by atoms with Crippen LogP contribution in [0, 0.1) is 11.3 Å². The second kappa shape index (κ2) is 8.80. The van der Waals surface area contributed by atoms with Gasteiger partial charge in [0.1, 0.15) is 6.04 Å². The molecule has 2 rings (SSSR count). The fourth-order valence-corrected chi connectivity index (χ4v) is 3.99. The molecule has 1 aliphatic heterocycles. The molecule has 7 heteroatoms. The van der Waals surface area contributed by atoms with Crippen molar-refractivity contribution in [2.45, 2.75) is 45.8 Å². The quantitative estimate of drug-likeness (QED) is 0.672. The first-order valence-electron chi connectivity index (χ1n) is 9.73. The van der Waals surface area contributed by atoms with Crippen LogP contribution in [0.5, 0.6) is 0 Å². The molecule has 1 aromatic carbocycles. The Morgan fingerprint density at radius 1 is 1.25 bits per heavy atom. The van der Waals surface area contributed by atoms with Crippen LogP contribution in [-0.4, -0.2) is 54.5 Å². The molecule has 3 N–H and O–H groups in total. The summed E-state index contributed by atoms with van der Waals surface area (Å²) in [5.41, 5.74) is -0.820. The molecule has 6 nitrogen and oxygen atoms in total. The Morgan fingerprint density at radius 3 is 2.36 bits per heavy atom. The molecular weight excluding hydrogens is 378 g/mol. The summed E-state index contributed by atoms with van der Waals surface area (Å²) in [5, 5.41) is 17.7. The zero-order valence-electron chi connectivity index (χ0n) is 17.4. The summed E-state index contributed by atoms with van der Waals surface area (Å²) in [6.07, 6.45) is 0.419. The minimum atomic E-state index is -1.06. The summed E-state index contributed by atoms with van der Waals surface area (Å²) in [5.74, 6) is -0.345. The second-order valence-corrected chi connectivity index (χ2v) is 9.02. The first kappa shape index (κ1) is 22.7. The first-order chi connectivity index (χ1) is 13.0. The molecule has 1 heterocycles. The highest BCUT2D eigenvalue weighted by molar-refractivity contribution is 6.30. The topological polar surface area (TPSA) is 81.7 Å². The van der Waals surface area contributed by atoms with Gasteiger partial charge in [-0.25, -0.2) is 0 Å². The fraction of sp³-hybridized carbons (Fsp3) is 0.619. The predicted molar refractivity (Wildman–Crippen MR) is 111 cm³/mol. The highest BCUT2D eigenvalue weighted by atomic mass is 35.5. The fourth-order valence-electron chi connectivity index (χ4n) is 3.87. The largest absolute Gasteiger partial charge is 0.384 e. The van der Waals surface area contributed by atoms with Crippen molar-refractivity contribution in [1.82, 2.24) is 15.5 Å². The highest BCUT2D eigenvalue weighted by Gasteiger charge is 2.50. The van der Waals surface area contributed by atoms with Gasteiger partial charge < -0.3 is 20.6 Å². The summed E-state index contributed by atoms with van der Waals surface area (Å²) in [4.78, 5) is 26.9. The van der Waals surface area contributed by atoms with Gasteiger partial charge in [0.15, 0.2) is 0 Å². The number of likely N-dealkylation sites (N-methyl/N-ethyl adjacent to an activating group) is 1. The third-order valence-electron chi connectivity index (χ3n) is 5.67. The van der Waals surface area contributed by atoms with E-state index in [4.69, 9.17) is 11.6 Å². The number of aliphatic hydroxyl groups is 1. The summed E-state index contributed by atoms with van der Waals surface area (Å²) < 4.78 is 0. The van der Waals surface area contributed by atoms with E-state index in [2.05, 4.69) is 10.6 Å². The number of rotatable bonds is 6. The predicted octanol–water partition coefficient (Wildman–Crippen LogP) is 2.15. The molecule has 156 valence electrons. The normalized spacial score (nSPS) is 22.8. The number of likely N-dealkylation sites (tertiary alicyclic amines) is 1. The number of benzene rings is 1. The van der Waals surface area contributed by atoms with Gasteiger partial charge >= 0.3 is 0 Å². The van der Waals surface area contributed by atoms with Gasteiger partial charge in [0.05, 0.1) is 12.1 Å². The van der Waals surface area contributed by atoms with E-state index >= 15 is 0 Å². The minimum absolute atomic E-state index is 0.0338. The number of hydrogen-bond acceptors (Lipinski definition) is 4. The van der Waals surface area contributed by atoms with Crippen molar-refractivity contribution < 1.29 is 14.7 Å². The number of amides is 2.